The van der Waals surface area contributed by atoms with Gasteiger partial charge in [0.05, 0.1) is 84.3 Å². The SMILES string of the molecule is CC[C@H](C)[C@@H]([C@@H](CC(=O)N1CCC[C@H]1[C@H](OC)[C@@H](C)C(=O)N[C@H](/C=C/C(=O)NO)Cc1ccccc1)OC)N(C)C(=O)[C@@H](NC(=O)[C@H](C(C)C)N(C)CCCCCCC(=O)NCC(C)(C)COCC(C)(C)CNC(=O)c1ccc2nc3c(nc2c1)CSc1cccccccc(c1)SC3)C(C)C. The molecule has 6 N–H and O–H groups in total. The third-order valence-corrected chi connectivity index (χ3v) is 21.3. The molecule has 2 aliphatic rings. The van der Waals surface area contributed by atoms with Gasteiger partial charge in [0, 0.05) is 91.1 Å². The smallest absolute Gasteiger partial charge is 0.267 e. The minimum Gasteiger partial charge on any atom is -0.380 e. The first kappa shape index (κ1) is 84.0. The van der Waals surface area contributed by atoms with Crippen molar-refractivity contribution >= 4 is 75.9 Å². The molecule has 6 rings (SSSR count). The number of likely N-dealkylation sites (N-methyl/N-ethyl adjacent to an activating group) is 2. The van der Waals surface area contributed by atoms with E-state index in [0.717, 1.165) is 64.0 Å². The van der Waals surface area contributed by atoms with E-state index in [2.05, 4.69) is 72.1 Å². The molecular weight excluding hydrogens is 1330 g/mol. The lowest BCUT2D eigenvalue weighted by molar-refractivity contribution is -0.148. The highest BCUT2D eigenvalue weighted by Crippen LogP contribution is 2.34. The molecule has 7 amide bonds. The van der Waals surface area contributed by atoms with E-state index < -0.39 is 54.2 Å². The average molecular weight is 1450 g/mol. The zero-order valence-electron chi connectivity index (χ0n) is 63.1. The van der Waals surface area contributed by atoms with Crippen LogP contribution in [0.15, 0.2) is 119 Å². The third kappa shape index (κ3) is 26.0. The van der Waals surface area contributed by atoms with Crippen molar-refractivity contribution < 1.29 is 53.0 Å². The van der Waals surface area contributed by atoms with Crippen molar-refractivity contribution in [1.29, 1.82) is 0 Å². The topological polar surface area (TPSA) is 263 Å². The number of unbranched alkanes of at least 4 members (excludes halogenated alkanes) is 3. The lowest BCUT2D eigenvalue weighted by atomic mass is 9.89. The van der Waals surface area contributed by atoms with Crippen LogP contribution in [0.2, 0.25) is 0 Å². The number of benzene rings is 2. The van der Waals surface area contributed by atoms with Crippen LogP contribution in [0.1, 0.15) is 161 Å². The second-order valence-corrected chi connectivity index (χ2v) is 31.8. The molecule has 4 aromatic rings. The zero-order valence-corrected chi connectivity index (χ0v) is 64.7. The Morgan fingerprint density at radius 1 is 0.725 bits per heavy atom. The van der Waals surface area contributed by atoms with Gasteiger partial charge in [0.2, 0.25) is 29.5 Å². The molecule has 0 unspecified atom stereocenters. The summed E-state index contributed by atoms with van der Waals surface area (Å²) in [6.07, 6.45) is 7.29. The number of amides is 7. The summed E-state index contributed by atoms with van der Waals surface area (Å²) in [5.41, 5.74) is 5.62. The molecule has 1 fully saturated rings. The number of nitrogens with one attached hydrogen (secondary N) is 5. The van der Waals surface area contributed by atoms with Crippen molar-refractivity contribution in [3.63, 3.8) is 0 Å². The van der Waals surface area contributed by atoms with Crippen LogP contribution in [0, 0.1) is 34.5 Å². The Balaban J connectivity index is 0.920. The first-order chi connectivity index (χ1) is 48.6. The number of aromatic nitrogens is 2. The van der Waals surface area contributed by atoms with Crippen LogP contribution in [0.3, 0.4) is 0 Å². The number of hydrogen-bond acceptors (Lipinski definition) is 16. The molecule has 2 bridgehead atoms. The lowest BCUT2D eigenvalue weighted by Crippen LogP contribution is -2.60. The van der Waals surface area contributed by atoms with Crippen LogP contribution in [0.25, 0.3) is 11.0 Å². The van der Waals surface area contributed by atoms with Crippen molar-refractivity contribution in [2.24, 2.45) is 34.5 Å². The highest BCUT2D eigenvalue weighted by Gasteiger charge is 2.44. The van der Waals surface area contributed by atoms with Gasteiger partial charge in [0.15, 0.2) is 0 Å². The van der Waals surface area contributed by atoms with Gasteiger partial charge < -0.3 is 45.3 Å². The molecule has 21 nitrogen and oxygen atoms in total. The predicted octanol–water partition coefficient (Wildman–Crippen LogP) is 11.3. The molecule has 3 aromatic carbocycles. The third-order valence-electron chi connectivity index (χ3n) is 19.3. The van der Waals surface area contributed by atoms with E-state index in [4.69, 9.17) is 29.4 Å². The number of carbonyl (C=O) groups is 7. The number of thioether (sulfide) groups is 2. The average Bonchev–Trinajstić information content (AvgIpc) is 1.19. The van der Waals surface area contributed by atoms with Gasteiger partial charge in [-0.15, -0.1) is 23.5 Å². The summed E-state index contributed by atoms with van der Waals surface area (Å²) >= 11 is 3.45. The lowest BCUT2D eigenvalue weighted by Gasteiger charge is -2.41. The molecule has 1 saturated heterocycles. The van der Waals surface area contributed by atoms with Crippen molar-refractivity contribution in [2.45, 2.75) is 204 Å². The number of methoxy groups -OCH3 is 2. The van der Waals surface area contributed by atoms with Gasteiger partial charge in [-0.1, -0.05) is 162 Å². The van der Waals surface area contributed by atoms with Crippen molar-refractivity contribution in [3.8, 4) is 0 Å². The maximum Gasteiger partial charge on any atom is 0.267 e. The quantitative estimate of drug-likeness (QED) is 0.0105. The Morgan fingerprint density at radius 3 is 1.94 bits per heavy atom. The Morgan fingerprint density at radius 2 is 1.33 bits per heavy atom. The Kier molecular flexibility index (Phi) is 34.1. The first-order valence-electron chi connectivity index (χ1n) is 36.3. The van der Waals surface area contributed by atoms with Crippen molar-refractivity contribution in [3.05, 3.63) is 132 Å². The van der Waals surface area contributed by atoms with E-state index in [1.54, 1.807) is 66.0 Å². The van der Waals surface area contributed by atoms with Crippen molar-refractivity contribution in [2.75, 3.05) is 67.7 Å². The highest BCUT2D eigenvalue weighted by atomic mass is 32.2. The minimum atomic E-state index is -0.867. The first-order valence-corrected chi connectivity index (χ1v) is 38.3. The van der Waals surface area contributed by atoms with Gasteiger partial charge in [-0.3, -0.25) is 43.7 Å². The minimum absolute atomic E-state index is 0.0147. The van der Waals surface area contributed by atoms with E-state index in [9.17, 15) is 33.6 Å². The maximum absolute atomic E-state index is 14.9. The van der Waals surface area contributed by atoms with E-state index >= 15 is 0 Å². The molecule has 2 aliphatic heterocycles. The van der Waals surface area contributed by atoms with Crippen LogP contribution in [0.4, 0.5) is 0 Å². The van der Waals surface area contributed by atoms with Gasteiger partial charge >= 0.3 is 0 Å². The highest BCUT2D eigenvalue weighted by molar-refractivity contribution is 7.99. The van der Waals surface area contributed by atoms with Gasteiger partial charge in [0.1, 0.15) is 6.04 Å². The van der Waals surface area contributed by atoms with E-state index in [1.807, 2.05) is 121 Å². The maximum atomic E-state index is 14.9. The molecule has 1 aromatic heterocycles. The Labute approximate surface area is 615 Å². The molecular formula is C79H116N10O11S2. The molecule has 560 valence electrons. The monoisotopic (exact) mass is 1440 g/mol. The Hall–Kier alpha value is -6.99. The van der Waals surface area contributed by atoms with E-state index in [-0.39, 0.29) is 70.4 Å². The molecule has 0 aliphatic carbocycles. The Bertz CT molecular complexity index is 3490. The number of likely N-dealkylation sites (tertiary alicyclic amines) is 1. The number of nitrogens with zero attached hydrogens (tertiary/aromatic N) is 5. The normalized spacial score (nSPS) is 16.5. The summed E-state index contributed by atoms with van der Waals surface area (Å²) in [5.74, 6) is -1.77. The van der Waals surface area contributed by atoms with Gasteiger partial charge in [0.25, 0.3) is 11.8 Å². The van der Waals surface area contributed by atoms with Crippen LogP contribution in [-0.2, 0) is 60.9 Å². The number of rotatable bonds is 38. The number of carbonyl (C=O) groups excluding carboxylic acids is 7. The summed E-state index contributed by atoms with van der Waals surface area (Å²) in [7, 11) is 6.74. The van der Waals surface area contributed by atoms with Gasteiger partial charge in [-0.2, -0.15) is 0 Å². The molecule has 23 heteroatoms. The molecule has 9 atom stereocenters. The fraction of sp³-hybridized carbons (Fsp3) is 0.582. The summed E-state index contributed by atoms with van der Waals surface area (Å²) in [6, 6.07) is 28.6. The predicted molar refractivity (Wildman–Crippen MR) is 405 cm³/mol. The second kappa shape index (κ2) is 41.5. The van der Waals surface area contributed by atoms with Crippen LogP contribution >= 0.6 is 23.5 Å². The van der Waals surface area contributed by atoms with Gasteiger partial charge in [-0.05, 0) is 105 Å². The summed E-state index contributed by atoms with van der Waals surface area (Å²) < 4.78 is 18.4. The summed E-state index contributed by atoms with van der Waals surface area (Å²) in [4.78, 5) is 114. The van der Waals surface area contributed by atoms with Crippen LogP contribution < -0.4 is 26.7 Å². The largest absolute Gasteiger partial charge is 0.380 e. The molecule has 102 heavy (non-hydrogen) atoms. The number of fused-ring (bicyclic) bond motifs is 4. The summed E-state index contributed by atoms with van der Waals surface area (Å²) in [6.45, 7) is 24.6. The van der Waals surface area contributed by atoms with Gasteiger partial charge in [-0.25, -0.2) is 15.4 Å². The molecule has 0 saturated carbocycles. The fourth-order valence-electron chi connectivity index (χ4n) is 13.3. The fourth-order valence-corrected chi connectivity index (χ4v) is 15.2. The molecule has 3 heterocycles. The van der Waals surface area contributed by atoms with Crippen LogP contribution in [0.5, 0.6) is 0 Å². The number of ether oxygens (including phenoxy) is 3. The van der Waals surface area contributed by atoms with Crippen molar-refractivity contribution in [1.82, 2.24) is 51.4 Å². The molecule has 0 radical (unpaired) electrons. The number of hydrogen-bond donors (Lipinski definition) is 6. The standard InChI is InChI=1S/C79H116N10O11S2/c1-16-54(6)72(66(98-14)45-69(92)89-41-29-34-65(89)73(99-15)55(7)74(93)82-58(37-39-68(91)86-97)42-56-30-23-22-24-31-56)88(13)77(96)70(52(2)3)85-76(95)71(53(4)5)87(12)40-28-21-20-27-35-67(90)80-48-78(8,9)50-100-51-79(10,11)49-81-75(94)57-36-38-61-62(43-57)84-64-47-102-60-33-26-19-17-18-25-32-59(44-60)101-46-63(64)83-61/h17-19,22-26,30-33,36-39,43-44,52-55,58,65-66,70-73,97H,16,20-21,27-29,34-35,40-42,45-51H2,1-15H3,(H,80,90)(H,81,94)(H,82,93)(H,85,95)(H,86,91)/b18-17?,19-17?,25-18?,26-19?,32-25?,33-26?,39-37+,59-32?,59-44?,60-33?,60-44?/t54-,55+,58+,65-,66+,70-,71-,72-,73+/m0/s1. The van der Waals surface area contributed by atoms with E-state index in [0.29, 0.717) is 94.1 Å². The zero-order chi connectivity index (χ0) is 74.7. The summed E-state index contributed by atoms with van der Waals surface area (Å²) in [5, 5.41) is 21.5. The second-order valence-electron chi connectivity index (χ2n) is 29.7. The number of hydroxylamine groups is 1. The molecule has 0 spiro atoms. The van der Waals surface area contributed by atoms with Crippen LogP contribution in [-0.4, -0.2) is 181 Å². The van der Waals surface area contributed by atoms with E-state index in [1.165, 1.54) is 13.2 Å².